The first kappa shape index (κ1) is 16.2. The average Bonchev–Trinajstić information content (AvgIpc) is 2.33. The van der Waals surface area contributed by atoms with Crippen LogP contribution in [0.5, 0.6) is 0 Å². The lowest BCUT2D eigenvalue weighted by Crippen LogP contribution is -2.38. The van der Waals surface area contributed by atoms with E-state index < -0.39 is 0 Å². The Morgan fingerprint density at radius 1 is 1.11 bits per heavy atom. The van der Waals surface area contributed by atoms with Crippen LogP contribution in [0.3, 0.4) is 0 Å². The minimum Gasteiger partial charge on any atom is -0.330 e. The number of nitrogens with one attached hydrogen (secondary N) is 1. The van der Waals surface area contributed by atoms with Gasteiger partial charge < -0.3 is 11.1 Å². The molecule has 0 aliphatic rings. The van der Waals surface area contributed by atoms with Gasteiger partial charge in [0, 0.05) is 6.04 Å². The number of hydrogen-bond acceptors (Lipinski definition) is 2. The van der Waals surface area contributed by atoms with E-state index in [9.17, 15) is 0 Å². The van der Waals surface area contributed by atoms with Crippen LogP contribution in [0.15, 0.2) is 30.3 Å². The van der Waals surface area contributed by atoms with Crippen molar-refractivity contribution in [1.29, 1.82) is 0 Å². The lowest BCUT2D eigenvalue weighted by Gasteiger charge is -2.34. The van der Waals surface area contributed by atoms with Crippen LogP contribution >= 0.6 is 0 Å². The Balaban J connectivity index is 2.78. The van der Waals surface area contributed by atoms with E-state index in [0.29, 0.717) is 17.9 Å². The van der Waals surface area contributed by atoms with Crippen LogP contribution in [0.2, 0.25) is 0 Å². The first-order valence-corrected chi connectivity index (χ1v) is 7.34. The molecule has 0 aromatic heterocycles. The molecule has 0 bridgehead atoms. The highest BCUT2D eigenvalue weighted by Crippen LogP contribution is 2.32. The summed E-state index contributed by atoms with van der Waals surface area (Å²) in [5, 5.41) is 3.73. The molecule has 1 rings (SSSR count). The molecule has 0 aliphatic carbocycles. The molecule has 3 N–H and O–H groups in total. The van der Waals surface area contributed by atoms with Crippen molar-refractivity contribution < 1.29 is 0 Å². The first-order valence-electron chi connectivity index (χ1n) is 7.34. The fraction of sp³-hybridized carbons (Fsp3) is 0.647. The Morgan fingerprint density at radius 2 is 1.68 bits per heavy atom. The lowest BCUT2D eigenvalue weighted by molar-refractivity contribution is 0.246. The molecule has 19 heavy (non-hydrogen) atoms. The number of benzene rings is 1. The van der Waals surface area contributed by atoms with Crippen LogP contribution in [0.4, 0.5) is 0 Å². The van der Waals surface area contributed by atoms with Crippen molar-refractivity contribution in [2.24, 2.45) is 23.0 Å². The van der Waals surface area contributed by atoms with E-state index in [1.807, 2.05) is 0 Å². The molecule has 0 saturated heterocycles. The summed E-state index contributed by atoms with van der Waals surface area (Å²) in [4.78, 5) is 0. The van der Waals surface area contributed by atoms with Crippen LogP contribution in [-0.4, -0.2) is 13.1 Å². The van der Waals surface area contributed by atoms with Crippen molar-refractivity contribution in [3.63, 3.8) is 0 Å². The molecule has 0 heterocycles. The third-order valence-corrected chi connectivity index (χ3v) is 3.83. The Hall–Kier alpha value is -0.860. The van der Waals surface area contributed by atoms with Crippen molar-refractivity contribution in [1.82, 2.24) is 5.32 Å². The zero-order valence-corrected chi connectivity index (χ0v) is 13.1. The van der Waals surface area contributed by atoms with E-state index in [2.05, 4.69) is 70.3 Å². The molecular formula is C17H30N2. The summed E-state index contributed by atoms with van der Waals surface area (Å²) >= 11 is 0. The molecule has 0 aliphatic heterocycles. The molecule has 0 spiro atoms. The third-order valence-electron chi connectivity index (χ3n) is 3.83. The monoisotopic (exact) mass is 262 g/mol. The lowest BCUT2D eigenvalue weighted by atomic mass is 9.82. The molecule has 2 heteroatoms. The molecule has 2 atom stereocenters. The summed E-state index contributed by atoms with van der Waals surface area (Å²) in [5.74, 6) is 1.16. The topological polar surface area (TPSA) is 38.0 Å². The number of rotatable bonds is 6. The Morgan fingerprint density at radius 3 is 2.11 bits per heavy atom. The smallest absolute Gasteiger partial charge is 0.0369 e. The Bertz CT molecular complexity index is 351. The fourth-order valence-corrected chi connectivity index (χ4v) is 2.43. The minimum atomic E-state index is 0.192. The van der Waals surface area contributed by atoms with Crippen LogP contribution in [-0.2, 0) is 0 Å². The highest BCUT2D eigenvalue weighted by Gasteiger charge is 2.26. The van der Waals surface area contributed by atoms with Crippen molar-refractivity contribution in [2.75, 3.05) is 13.1 Å². The highest BCUT2D eigenvalue weighted by atomic mass is 14.9. The molecule has 1 aromatic rings. The third kappa shape index (κ3) is 4.96. The van der Waals surface area contributed by atoms with Gasteiger partial charge in [-0.2, -0.15) is 0 Å². The summed E-state index contributed by atoms with van der Waals surface area (Å²) in [6.07, 6.45) is 0. The summed E-state index contributed by atoms with van der Waals surface area (Å²) in [7, 11) is 0. The predicted molar refractivity (Wildman–Crippen MR) is 84.0 cm³/mol. The molecule has 2 nitrogen and oxygen atoms in total. The SMILES string of the molecule is CC(C)C(CN)CNC(c1ccccc1)C(C)(C)C. The van der Waals surface area contributed by atoms with Gasteiger partial charge in [0.2, 0.25) is 0 Å². The molecule has 0 saturated carbocycles. The first-order chi connectivity index (χ1) is 8.86. The maximum atomic E-state index is 5.87. The summed E-state index contributed by atoms with van der Waals surface area (Å²) < 4.78 is 0. The second-order valence-electron chi connectivity index (χ2n) is 6.86. The summed E-state index contributed by atoms with van der Waals surface area (Å²) in [6, 6.07) is 11.1. The zero-order valence-electron chi connectivity index (χ0n) is 13.1. The average molecular weight is 262 g/mol. The van der Waals surface area contributed by atoms with Crippen LogP contribution < -0.4 is 11.1 Å². The largest absolute Gasteiger partial charge is 0.330 e. The second kappa shape index (κ2) is 7.06. The highest BCUT2D eigenvalue weighted by molar-refractivity contribution is 5.20. The Labute approximate surface area is 118 Å². The minimum absolute atomic E-state index is 0.192. The zero-order chi connectivity index (χ0) is 14.5. The molecule has 0 amide bonds. The van der Waals surface area contributed by atoms with Gasteiger partial charge in [-0.25, -0.2) is 0 Å². The van der Waals surface area contributed by atoms with Crippen molar-refractivity contribution in [3.05, 3.63) is 35.9 Å². The summed E-state index contributed by atoms with van der Waals surface area (Å²) in [5.41, 5.74) is 7.42. The van der Waals surface area contributed by atoms with Crippen molar-refractivity contribution in [3.8, 4) is 0 Å². The van der Waals surface area contributed by atoms with Crippen molar-refractivity contribution >= 4 is 0 Å². The van der Waals surface area contributed by atoms with E-state index in [1.54, 1.807) is 0 Å². The van der Waals surface area contributed by atoms with Crippen LogP contribution in [0.1, 0.15) is 46.2 Å². The van der Waals surface area contributed by atoms with Gasteiger partial charge in [-0.15, -0.1) is 0 Å². The van der Waals surface area contributed by atoms with E-state index >= 15 is 0 Å². The molecule has 0 fully saturated rings. The normalized spacial score (nSPS) is 15.5. The predicted octanol–water partition coefficient (Wildman–Crippen LogP) is 3.59. The standard InChI is InChI=1S/C17H30N2/c1-13(2)15(11-18)12-19-16(17(3,4)5)14-9-7-6-8-10-14/h6-10,13,15-16,19H,11-12,18H2,1-5H3. The van der Waals surface area contributed by atoms with Gasteiger partial charge in [-0.3, -0.25) is 0 Å². The quantitative estimate of drug-likeness (QED) is 0.822. The maximum absolute atomic E-state index is 5.87. The van der Waals surface area contributed by atoms with Gasteiger partial charge in [-0.1, -0.05) is 65.0 Å². The van der Waals surface area contributed by atoms with Gasteiger partial charge >= 0.3 is 0 Å². The second-order valence-corrected chi connectivity index (χ2v) is 6.86. The molecular weight excluding hydrogens is 232 g/mol. The van der Waals surface area contributed by atoms with Crippen molar-refractivity contribution in [2.45, 2.75) is 40.7 Å². The Kier molecular flexibility index (Phi) is 6.02. The molecule has 1 aromatic carbocycles. The fourth-order valence-electron chi connectivity index (χ4n) is 2.43. The van der Waals surface area contributed by atoms with E-state index in [0.717, 1.165) is 13.1 Å². The van der Waals surface area contributed by atoms with Gasteiger partial charge in [-0.05, 0) is 35.9 Å². The maximum Gasteiger partial charge on any atom is 0.0369 e. The number of hydrogen-bond donors (Lipinski definition) is 2. The van der Waals surface area contributed by atoms with Gasteiger partial charge in [0.25, 0.3) is 0 Å². The number of nitrogens with two attached hydrogens (primary N) is 1. The molecule has 0 radical (unpaired) electrons. The van der Waals surface area contributed by atoms with E-state index in [-0.39, 0.29) is 5.41 Å². The van der Waals surface area contributed by atoms with E-state index in [1.165, 1.54) is 5.56 Å². The summed E-state index contributed by atoms with van der Waals surface area (Å²) in [6.45, 7) is 13.1. The molecule has 2 unspecified atom stereocenters. The molecule has 108 valence electrons. The van der Waals surface area contributed by atoms with Gasteiger partial charge in [0.05, 0.1) is 0 Å². The van der Waals surface area contributed by atoms with E-state index in [4.69, 9.17) is 5.73 Å². The van der Waals surface area contributed by atoms with Crippen LogP contribution in [0.25, 0.3) is 0 Å². The van der Waals surface area contributed by atoms with Gasteiger partial charge in [0.1, 0.15) is 0 Å². The van der Waals surface area contributed by atoms with Crippen LogP contribution in [0, 0.1) is 17.3 Å². The van der Waals surface area contributed by atoms with Gasteiger partial charge in [0.15, 0.2) is 0 Å².